The van der Waals surface area contributed by atoms with Crippen molar-refractivity contribution in [1.82, 2.24) is 15.3 Å². The highest BCUT2D eigenvalue weighted by atomic mass is 16.5. The lowest BCUT2D eigenvalue weighted by molar-refractivity contribution is 0.332. The van der Waals surface area contributed by atoms with E-state index in [2.05, 4.69) is 64.7 Å². The summed E-state index contributed by atoms with van der Waals surface area (Å²) in [4.78, 5) is 8.38. The number of nitrogens with one attached hydrogen (secondary N) is 2. The Morgan fingerprint density at radius 1 is 1.00 bits per heavy atom. The van der Waals surface area contributed by atoms with Gasteiger partial charge in [0.1, 0.15) is 5.75 Å². The molecule has 0 amide bonds. The number of rotatable bonds is 5. The van der Waals surface area contributed by atoms with Crippen LogP contribution in [0, 0.1) is 5.92 Å². The molecule has 2 aromatic heterocycles. The molecular weight excluding hydrogens is 382 g/mol. The Hall–Kier alpha value is -3.11. The second kappa shape index (κ2) is 8.56. The molecule has 3 heterocycles. The molecule has 0 saturated carbocycles. The quantitative estimate of drug-likeness (QED) is 0.423. The van der Waals surface area contributed by atoms with E-state index in [1.807, 2.05) is 24.5 Å². The first kappa shape index (κ1) is 19.8. The zero-order valence-electron chi connectivity index (χ0n) is 18.2. The van der Waals surface area contributed by atoms with Crippen LogP contribution in [-0.2, 0) is 0 Å². The maximum Gasteiger partial charge on any atom is 0.142 e. The number of benzene rings is 2. The van der Waals surface area contributed by atoms with Crippen LogP contribution < -0.4 is 10.1 Å². The van der Waals surface area contributed by atoms with E-state index < -0.39 is 0 Å². The van der Waals surface area contributed by atoms with Gasteiger partial charge in [-0.05, 0) is 49.5 Å². The summed E-state index contributed by atoms with van der Waals surface area (Å²) < 4.78 is 5.69. The molecule has 31 heavy (non-hydrogen) atoms. The molecular formula is C27H29N3O. The number of ether oxygens (including phenoxy) is 1. The van der Waals surface area contributed by atoms with Crippen molar-refractivity contribution in [2.75, 3.05) is 20.2 Å². The molecule has 4 aromatic rings. The van der Waals surface area contributed by atoms with Gasteiger partial charge in [0.15, 0.2) is 0 Å². The van der Waals surface area contributed by atoms with Gasteiger partial charge in [0.25, 0.3) is 0 Å². The highest BCUT2D eigenvalue weighted by Crippen LogP contribution is 2.42. The van der Waals surface area contributed by atoms with E-state index >= 15 is 0 Å². The summed E-state index contributed by atoms with van der Waals surface area (Å²) in [5.74, 6) is 1.89. The van der Waals surface area contributed by atoms with Crippen LogP contribution in [0.2, 0.25) is 0 Å². The Labute approximate surface area is 183 Å². The average molecular weight is 412 g/mol. The number of para-hydroxylation sites is 1. The van der Waals surface area contributed by atoms with Crippen LogP contribution in [0.5, 0.6) is 5.75 Å². The first-order chi connectivity index (χ1) is 15.3. The zero-order chi connectivity index (χ0) is 21.2. The third-order valence-corrected chi connectivity index (χ3v) is 6.68. The monoisotopic (exact) mass is 411 g/mol. The molecule has 158 valence electrons. The largest absolute Gasteiger partial charge is 0.495 e. The van der Waals surface area contributed by atoms with E-state index in [1.54, 1.807) is 7.11 Å². The van der Waals surface area contributed by atoms with Crippen LogP contribution >= 0.6 is 0 Å². The van der Waals surface area contributed by atoms with Gasteiger partial charge in [0.05, 0.1) is 12.6 Å². The number of methoxy groups -OCH3 is 1. The summed E-state index contributed by atoms with van der Waals surface area (Å²) >= 11 is 0. The minimum atomic E-state index is 0.403. The van der Waals surface area contributed by atoms with E-state index in [-0.39, 0.29) is 0 Å². The molecule has 2 N–H and O–H groups in total. The van der Waals surface area contributed by atoms with Crippen LogP contribution in [0.25, 0.3) is 33.2 Å². The third-order valence-electron chi connectivity index (χ3n) is 6.68. The summed E-state index contributed by atoms with van der Waals surface area (Å²) in [6, 6.07) is 19.0. The SMILES string of the molecule is COc1cccc2c(-c3cncc(-c4ccccc4)c3)c(C(C)C3CCCNC3)[nH]c12. The van der Waals surface area contributed by atoms with Crippen molar-refractivity contribution in [3.05, 3.63) is 72.7 Å². The second-order valence-corrected chi connectivity index (χ2v) is 8.52. The van der Waals surface area contributed by atoms with Crippen molar-refractivity contribution >= 4 is 10.9 Å². The Bertz CT molecular complexity index is 1180. The van der Waals surface area contributed by atoms with Gasteiger partial charge in [-0.25, -0.2) is 0 Å². The summed E-state index contributed by atoms with van der Waals surface area (Å²) in [5, 5.41) is 4.77. The van der Waals surface area contributed by atoms with Crippen LogP contribution in [-0.4, -0.2) is 30.2 Å². The van der Waals surface area contributed by atoms with Gasteiger partial charge in [-0.15, -0.1) is 0 Å². The number of H-pyrrole nitrogens is 1. The zero-order valence-corrected chi connectivity index (χ0v) is 18.2. The molecule has 4 nitrogen and oxygen atoms in total. The topological polar surface area (TPSA) is 49.9 Å². The molecule has 0 spiro atoms. The maximum atomic E-state index is 5.69. The van der Waals surface area contributed by atoms with Crippen LogP contribution in [0.15, 0.2) is 67.0 Å². The van der Waals surface area contributed by atoms with E-state index in [4.69, 9.17) is 4.74 Å². The second-order valence-electron chi connectivity index (χ2n) is 8.52. The van der Waals surface area contributed by atoms with Crippen molar-refractivity contribution < 1.29 is 4.74 Å². The molecule has 5 rings (SSSR count). The molecule has 0 bridgehead atoms. The number of hydrogen-bond acceptors (Lipinski definition) is 3. The van der Waals surface area contributed by atoms with Gasteiger partial charge < -0.3 is 15.0 Å². The number of hydrogen-bond donors (Lipinski definition) is 2. The lowest BCUT2D eigenvalue weighted by Crippen LogP contribution is -2.32. The number of piperidine rings is 1. The predicted molar refractivity (Wildman–Crippen MR) is 128 cm³/mol. The number of fused-ring (bicyclic) bond motifs is 1. The van der Waals surface area contributed by atoms with Crippen LogP contribution in [0.4, 0.5) is 0 Å². The Morgan fingerprint density at radius 2 is 1.84 bits per heavy atom. The molecule has 1 aliphatic heterocycles. The van der Waals surface area contributed by atoms with Crippen molar-refractivity contribution in [3.63, 3.8) is 0 Å². The summed E-state index contributed by atoms with van der Waals surface area (Å²) in [7, 11) is 1.74. The van der Waals surface area contributed by atoms with Crippen LogP contribution in [0.1, 0.15) is 31.4 Å². The highest BCUT2D eigenvalue weighted by Gasteiger charge is 2.27. The van der Waals surface area contributed by atoms with Gasteiger partial charge >= 0.3 is 0 Å². The summed E-state index contributed by atoms with van der Waals surface area (Å²) in [5.41, 5.74) is 7.05. The van der Waals surface area contributed by atoms with E-state index in [9.17, 15) is 0 Å². The normalized spacial score (nSPS) is 17.5. The predicted octanol–water partition coefficient (Wildman–Crippen LogP) is 6.01. The van der Waals surface area contributed by atoms with Crippen molar-refractivity contribution in [2.45, 2.75) is 25.7 Å². The smallest absolute Gasteiger partial charge is 0.142 e. The molecule has 1 fully saturated rings. The van der Waals surface area contributed by atoms with Gasteiger partial charge in [-0.3, -0.25) is 4.98 Å². The van der Waals surface area contributed by atoms with Crippen LogP contribution in [0.3, 0.4) is 0 Å². The Morgan fingerprint density at radius 3 is 2.61 bits per heavy atom. The first-order valence-electron chi connectivity index (χ1n) is 11.2. The molecule has 1 saturated heterocycles. The first-order valence-corrected chi connectivity index (χ1v) is 11.2. The van der Waals surface area contributed by atoms with E-state index in [1.165, 1.54) is 35.0 Å². The average Bonchev–Trinajstić information content (AvgIpc) is 3.24. The highest BCUT2D eigenvalue weighted by molar-refractivity contribution is 6.01. The Kier molecular flexibility index (Phi) is 5.47. The van der Waals surface area contributed by atoms with Gasteiger partial charge in [-0.1, -0.05) is 49.4 Å². The van der Waals surface area contributed by atoms with Gasteiger partial charge in [0, 0.05) is 46.1 Å². The van der Waals surface area contributed by atoms with Crippen molar-refractivity contribution in [3.8, 4) is 28.0 Å². The van der Waals surface area contributed by atoms with Gasteiger partial charge in [0.2, 0.25) is 0 Å². The Balaban J connectivity index is 1.68. The molecule has 2 atom stereocenters. The lowest BCUT2D eigenvalue weighted by atomic mass is 9.83. The molecule has 0 aliphatic carbocycles. The number of aromatic nitrogens is 2. The van der Waals surface area contributed by atoms with E-state index in [0.717, 1.165) is 35.5 Å². The van der Waals surface area contributed by atoms with Crippen molar-refractivity contribution in [1.29, 1.82) is 0 Å². The van der Waals surface area contributed by atoms with Gasteiger partial charge in [-0.2, -0.15) is 0 Å². The minimum absolute atomic E-state index is 0.403. The van der Waals surface area contributed by atoms with Crippen molar-refractivity contribution in [2.24, 2.45) is 5.92 Å². The fourth-order valence-electron chi connectivity index (χ4n) is 4.94. The minimum Gasteiger partial charge on any atom is -0.495 e. The van der Waals surface area contributed by atoms with E-state index in [0.29, 0.717) is 11.8 Å². The molecule has 2 unspecified atom stereocenters. The molecule has 4 heteroatoms. The number of nitrogens with zero attached hydrogens (tertiary/aromatic N) is 1. The summed E-state index contributed by atoms with van der Waals surface area (Å²) in [6.07, 6.45) is 6.42. The maximum absolute atomic E-state index is 5.69. The summed E-state index contributed by atoms with van der Waals surface area (Å²) in [6.45, 7) is 4.54. The molecule has 1 aliphatic rings. The third kappa shape index (κ3) is 3.72. The molecule has 2 aromatic carbocycles. The fourth-order valence-corrected chi connectivity index (χ4v) is 4.94. The standard InChI is InChI=1S/C27H29N3O/c1-18(20-10-7-13-28-15-20)26-25(23-11-6-12-24(31-2)27(23)30-26)22-14-21(16-29-17-22)19-8-4-3-5-9-19/h3-6,8-9,11-12,14,16-18,20,28,30H,7,10,13,15H2,1-2H3. The molecule has 0 radical (unpaired) electrons. The number of pyridine rings is 1. The number of aromatic amines is 1. The lowest BCUT2D eigenvalue weighted by Gasteiger charge is -2.28. The fraction of sp³-hybridized carbons (Fsp3) is 0.296.